The molecule has 1 fully saturated rings. The smallest absolute Gasteiger partial charge is 0.119 e. The molecule has 0 spiro atoms. The molecule has 2 atom stereocenters. The number of nitrogens with one attached hydrogen (secondary N) is 1. The predicted octanol–water partition coefficient (Wildman–Crippen LogP) is 4.30. The lowest BCUT2D eigenvalue weighted by Crippen LogP contribution is -2.35. The Morgan fingerprint density at radius 1 is 1.42 bits per heavy atom. The molecular formula is C16H24BrNO. The normalized spacial score (nSPS) is 23.3. The molecule has 0 amide bonds. The van der Waals surface area contributed by atoms with Crippen LogP contribution in [0.5, 0.6) is 5.75 Å². The SMILES string of the molecule is Cc1cc(OCCC[C@H]2CCN[C@@H](C)C2)ccc1Br. The van der Waals surface area contributed by atoms with Gasteiger partial charge in [0.15, 0.2) is 0 Å². The zero-order chi connectivity index (χ0) is 13.7. The van der Waals surface area contributed by atoms with Crippen LogP contribution in [0.15, 0.2) is 22.7 Å². The number of ether oxygens (including phenoxy) is 1. The highest BCUT2D eigenvalue weighted by Gasteiger charge is 2.17. The molecule has 1 aliphatic heterocycles. The summed E-state index contributed by atoms with van der Waals surface area (Å²) in [6.45, 7) is 6.39. The van der Waals surface area contributed by atoms with Crippen molar-refractivity contribution in [3.63, 3.8) is 0 Å². The Balaban J connectivity index is 1.67. The Morgan fingerprint density at radius 3 is 3.00 bits per heavy atom. The lowest BCUT2D eigenvalue weighted by molar-refractivity contribution is 0.256. The number of aryl methyl sites for hydroxylation is 1. The molecule has 19 heavy (non-hydrogen) atoms. The lowest BCUT2D eigenvalue weighted by atomic mass is 9.89. The Morgan fingerprint density at radius 2 is 2.26 bits per heavy atom. The van der Waals surface area contributed by atoms with Gasteiger partial charge >= 0.3 is 0 Å². The van der Waals surface area contributed by atoms with Crippen LogP contribution in [0.2, 0.25) is 0 Å². The van der Waals surface area contributed by atoms with Gasteiger partial charge in [0.05, 0.1) is 6.61 Å². The summed E-state index contributed by atoms with van der Waals surface area (Å²) < 4.78 is 6.97. The highest BCUT2D eigenvalue weighted by Crippen LogP contribution is 2.23. The minimum absolute atomic E-state index is 0.689. The third-order valence-corrected chi connectivity index (χ3v) is 4.78. The van der Waals surface area contributed by atoms with E-state index in [2.05, 4.69) is 47.2 Å². The molecule has 1 aliphatic rings. The Bertz CT molecular complexity index is 408. The first-order valence-electron chi connectivity index (χ1n) is 7.27. The van der Waals surface area contributed by atoms with Crippen LogP contribution in [0.1, 0.15) is 38.2 Å². The highest BCUT2D eigenvalue weighted by atomic mass is 79.9. The van der Waals surface area contributed by atoms with Crippen molar-refractivity contribution in [3.8, 4) is 5.75 Å². The van der Waals surface area contributed by atoms with E-state index in [1.54, 1.807) is 0 Å². The quantitative estimate of drug-likeness (QED) is 0.815. The maximum atomic E-state index is 5.82. The van der Waals surface area contributed by atoms with Crippen LogP contribution in [-0.4, -0.2) is 19.2 Å². The molecule has 0 radical (unpaired) electrons. The molecule has 0 saturated carbocycles. The second kappa shape index (κ2) is 7.30. The van der Waals surface area contributed by atoms with E-state index in [-0.39, 0.29) is 0 Å². The van der Waals surface area contributed by atoms with Crippen LogP contribution in [0.4, 0.5) is 0 Å². The average molecular weight is 326 g/mol. The van der Waals surface area contributed by atoms with E-state index in [0.29, 0.717) is 6.04 Å². The van der Waals surface area contributed by atoms with Gasteiger partial charge < -0.3 is 10.1 Å². The number of hydrogen-bond donors (Lipinski definition) is 1. The second-order valence-electron chi connectivity index (χ2n) is 5.65. The maximum absolute atomic E-state index is 5.82. The average Bonchev–Trinajstić information content (AvgIpc) is 2.39. The van der Waals surface area contributed by atoms with Gasteiger partial charge in [-0.3, -0.25) is 0 Å². The molecule has 2 rings (SSSR count). The molecule has 1 aromatic rings. The highest BCUT2D eigenvalue weighted by molar-refractivity contribution is 9.10. The molecule has 1 saturated heterocycles. The first-order chi connectivity index (χ1) is 9.15. The molecule has 106 valence electrons. The number of rotatable bonds is 5. The van der Waals surface area contributed by atoms with E-state index in [4.69, 9.17) is 4.74 Å². The van der Waals surface area contributed by atoms with Gasteiger partial charge in [0.25, 0.3) is 0 Å². The van der Waals surface area contributed by atoms with Crippen molar-refractivity contribution in [2.24, 2.45) is 5.92 Å². The van der Waals surface area contributed by atoms with Gasteiger partial charge in [-0.25, -0.2) is 0 Å². The van der Waals surface area contributed by atoms with Crippen molar-refractivity contribution in [2.45, 2.75) is 45.6 Å². The maximum Gasteiger partial charge on any atom is 0.119 e. The van der Waals surface area contributed by atoms with Gasteiger partial charge in [-0.15, -0.1) is 0 Å². The fraction of sp³-hybridized carbons (Fsp3) is 0.625. The fourth-order valence-electron chi connectivity index (χ4n) is 2.77. The third-order valence-electron chi connectivity index (χ3n) is 3.89. The van der Waals surface area contributed by atoms with Crippen LogP contribution in [0, 0.1) is 12.8 Å². The molecule has 1 heterocycles. The van der Waals surface area contributed by atoms with Crippen LogP contribution >= 0.6 is 15.9 Å². The minimum Gasteiger partial charge on any atom is -0.494 e. The number of benzene rings is 1. The van der Waals surface area contributed by atoms with Crippen LogP contribution < -0.4 is 10.1 Å². The summed E-state index contributed by atoms with van der Waals surface area (Å²) in [5, 5.41) is 3.50. The van der Waals surface area contributed by atoms with E-state index in [1.165, 1.54) is 31.4 Å². The number of piperidine rings is 1. The Labute approximate surface area is 125 Å². The molecule has 3 heteroatoms. The second-order valence-corrected chi connectivity index (χ2v) is 6.50. The van der Waals surface area contributed by atoms with Gasteiger partial charge in [-0.2, -0.15) is 0 Å². The van der Waals surface area contributed by atoms with E-state index in [9.17, 15) is 0 Å². The van der Waals surface area contributed by atoms with Gasteiger partial charge in [0.2, 0.25) is 0 Å². The summed E-state index contributed by atoms with van der Waals surface area (Å²) >= 11 is 3.51. The van der Waals surface area contributed by atoms with Crippen LogP contribution in [0.3, 0.4) is 0 Å². The third kappa shape index (κ3) is 4.81. The molecule has 0 unspecified atom stereocenters. The Hall–Kier alpha value is -0.540. The largest absolute Gasteiger partial charge is 0.494 e. The van der Waals surface area contributed by atoms with Crippen molar-refractivity contribution in [1.29, 1.82) is 0 Å². The number of halogens is 1. The minimum atomic E-state index is 0.689. The topological polar surface area (TPSA) is 21.3 Å². The molecule has 1 N–H and O–H groups in total. The Kier molecular flexibility index (Phi) is 5.71. The number of hydrogen-bond acceptors (Lipinski definition) is 2. The first-order valence-corrected chi connectivity index (χ1v) is 8.07. The van der Waals surface area contributed by atoms with E-state index >= 15 is 0 Å². The van der Waals surface area contributed by atoms with Gasteiger partial charge in [0.1, 0.15) is 5.75 Å². The molecule has 1 aromatic carbocycles. The molecule has 2 nitrogen and oxygen atoms in total. The van der Waals surface area contributed by atoms with Crippen molar-refractivity contribution in [3.05, 3.63) is 28.2 Å². The van der Waals surface area contributed by atoms with Gasteiger partial charge in [-0.05, 0) is 75.8 Å². The van der Waals surface area contributed by atoms with E-state index < -0.39 is 0 Å². The standard InChI is InChI=1S/C16H24BrNO/c1-12-10-15(5-6-16(12)17)19-9-3-4-14-7-8-18-13(2)11-14/h5-6,10,13-14,18H,3-4,7-9,11H2,1-2H3/t13-,14-/m0/s1. The summed E-state index contributed by atoms with van der Waals surface area (Å²) in [6, 6.07) is 6.87. The predicted molar refractivity (Wildman–Crippen MR) is 83.8 cm³/mol. The van der Waals surface area contributed by atoms with Gasteiger partial charge in [0, 0.05) is 10.5 Å². The summed E-state index contributed by atoms with van der Waals surface area (Å²) in [5.41, 5.74) is 1.23. The van der Waals surface area contributed by atoms with Crippen molar-refractivity contribution >= 4 is 15.9 Å². The first kappa shape index (κ1) is 14.9. The molecular weight excluding hydrogens is 302 g/mol. The molecule has 0 aromatic heterocycles. The van der Waals surface area contributed by atoms with Crippen molar-refractivity contribution in [1.82, 2.24) is 5.32 Å². The van der Waals surface area contributed by atoms with Crippen molar-refractivity contribution in [2.75, 3.05) is 13.2 Å². The van der Waals surface area contributed by atoms with E-state index in [0.717, 1.165) is 29.2 Å². The summed E-state index contributed by atoms with van der Waals surface area (Å²) in [4.78, 5) is 0. The monoisotopic (exact) mass is 325 g/mol. The van der Waals surface area contributed by atoms with Crippen molar-refractivity contribution < 1.29 is 4.74 Å². The summed E-state index contributed by atoms with van der Waals surface area (Å²) in [6.07, 6.45) is 5.09. The summed E-state index contributed by atoms with van der Waals surface area (Å²) in [5.74, 6) is 1.87. The molecule has 0 bridgehead atoms. The van der Waals surface area contributed by atoms with Crippen LogP contribution in [-0.2, 0) is 0 Å². The molecule has 0 aliphatic carbocycles. The van der Waals surface area contributed by atoms with Crippen LogP contribution in [0.25, 0.3) is 0 Å². The van der Waals surface area contributed by atoms with Gasteiger partial charge in [-0.1, -0.05) is 15.9 Å². The lowest BCUT2D eigenvalue weighted by Gasteiger charge is -2.27. The fourth-order valence-corrected chi connectivity index (χ4v) is 3.01. The zero-order valence-electron chi connectivity index (χ0n) is 11.9. The zero-order valence-corrected chi connectivity index (χ0v) is 13.5. The summed E-state index contributed by atoms with van der Waals surface area (Å²) in [7, 11) is 0. The van der Waals surface area contributed by atoms with E-state index in [1.807, 2.05) is 6.07 Å².